The molecule has 0 bridgehead atoms. The number of nitrogens with one attached hydrogen (secondary N) is 1. The van der Waals surface area contributed by atoms with Crippen LogP contribution < -0.4 is 14.8 Å². The van der Waals surface area contributed by atoms with E-state index in [0.717, 1.165) is 18.4 Å². The summed E-state index contributed by atoms with van der Waals surface area (Å²) in [6.07, 6.45) is 2.60. The molecule has 2 aromatic rings. The molecule has 0 spiro atoms. The highest BCUT2D eigenvalue weighted by atomic mass is 32.2. The number of methoxy groups -OCH3 is 2. The molecule has 0 saturated carbocycles. The molecule has 3 rings (SSSR count). The van der Waals surface area contributed by atoms with Gasteiger partial charge in [-0.2, -0.15) is 4.31 Å². The van der Waals surface area contributed by atoms with Crippen LogP contribution in [0.5, 0.6) is 11.5 Å². The molecule has 1 heterocycles. The fourth-order valence-corrected chi connectivity index (χ4v) is 4.80. The summed E-state index contributed by atoms with van der Waals surface area (Å²) in [5.41, 5.74) is 1.50. The first-order chi connectivity index (χ1) is 13.9. The van der Waals surface area contributed by atoms with Gasteiger partial charge in [0.15, 0.2) is 0 Å². The smallest absolute Gasteiger partial charge is 0.243 e. The molecule has 1 aliphatic rings. The molecule has 1 amide bonds. The van der Waals surface area contributed by atoms with Crippen LogP contribution in [-0.2, 0) is 21.2 Å². The fourth-order valence-electron chi connectivity index (χ4n) is 3.28. The standard InChI is InChI=1S/C21H26N2O5S/c1-27-18-13-16(14-19(15-18)28-2)5-10-21(24)22-17-6-8-20(9-7-17)29(25,26)23-11-3-4-12-23/h6-9,13-15H,3-5,10-12H2,1-2H3,(H,22,24). The molecule has 0 atom stereocenters. The Morgan fingerprint density at radius 1 is 1.00 bits per heavy atom. The molecule has 1 aliphatic heterocycles. The summed E-state index contributed by atoms with van der Waals surface area (Å²) in [6.45, 7) is 1.13. The van der Waals surface area contributed by atoms with E-state index in [1.54, 1.807) is 32.4 Å². The van der Waals surface area contributed by atoms with Crippen LogP contribution in [0.2, 0.25) is 0 Å². The van der Waals surface area contributed by atoms with E-state index in [9.17, 15) is 13.2 Å². The lowest BCUT2D eigenvalue weighted by atomic mass is 10.1. The lowest BCUT2D eigenvalue weighted by Gasteiger charge is -2.15. The normalized spacial score (nSPS) is 14.6. The van der Waals surface area contributed by atoms with Crippen molar-refractivity contribution in [3.05, 3.63) is 48.0 Å². The number of anilines is 1. The van der Waals surface area contributed by atoms with E-state index in [1.165, 1.54) is 16.4 Å². The number of hydrogen-bond donors (Lipinski definition) is 1. The number of amides is 1. The average Bonchev–Trinajstić information content (AvgIpc) is 3.28. The quantitative estimate of drug-likeness (QED) is 0.712. The zero-order valence-electron chi connectivity index (χ0n) is 16.7. The van der Waals surface area contributed by atoms with Crippen molar-refractivity contribution in [2.75, 3.05) is 32.6 Å². The van der Waals surface area contributed by atoms with E-state index >= 15 is 0 Å². The number of hydrogen-bond acceptors (Lipinski definition) is 5. The van der Waals surface area contributed by atoms with Crippen molar-refractivity contribution in [2.45, 2.75) is 30.6 Å². The SMILES string of the molecule is COc1cc(CCC(=O)Nc2ccc(S(=O)(=O)N3CCCC3)cc2)cc(OC)c1. The van der Waals surface area contributed by atoms with Gasteiger partial charge in [0.1, 0.15) is 11.5 Å². The van der Waals surface area contributed by atoms with Gasteiger partial charge >= 0.3 is 0 Å². The average molecular weight is 419 g/mol. The molecule has 1 saturated heterocycles. The van der Waals surface area contributed by atoms with Crippen molar-refractivity contribution in [1.29, 1.82) is 0 Å². The minimum absolute atomic E-state index is 0.151. The summed E-state index contributed by atoms with van der Waals surface area (Å²) < 4.78 is 37.1. The van der Waals surface area contributed by atoms with Gasteiger partial charge in [0, 0.05) is 31.3 Å². The molecule has 0 aliphatic carbocycles. The number of rotatable bonds is 8. The Morgan fingerprint density at radius 3 is 2.14 bits per heavy atom. The molecule has 1 fully saturated rings. The summed E-state index contributed by atoms with van der Waals surface area (Å²) in [4.78, 5) is 12.5. The van der Waals surface area contributed by atoms with Gasteiger partial charge in [0.05, 0.1) is 19.1 Å². The Bertz CT molecular complexity index is 929. The van der Waals surface area contributed by atoms with Gasteiger partial charge in [0.25, 0.3) is 0 Å². The third-order valence-electron chi connectivity index (χ3n) is 4.89. The summed E-state index contributed by atoms with van der Waals surface area (Å²) in [6, 6.07) is 11.8. The van der Waals surface area contributed by atoms with Crippen LogP contribution in [0.25, 0.3) is 0 Å². The van der Waals surface area contributed by atoms with Gasteiger partial charge in [-0.1, -0.05) is 0 Å². The second kappa shape index (κ2) is 9.28. The van der Waals surface area contributed by atoms with Gasteiger partial charge in [-0.15, -0.1) is 0 Å². The Labute approximate surface area is 171 Å². The Morgan fingerprint density at radius 2 is 1.59 bits per heavy atom. The van der Waals surface area contributed by atoms with Gasteiger partial charge in [-0.3, -0.25) is 4.79 Å². The highest BCUT2D eigenvalue weighted by Gasteiger charge is 2.26. The largest absolute Gasteiger partial charge is 0.497 e. The lowest BCUT2D eigenvalue weighted by molar-refractivity contribution is -0.116. The second-order valence-corrected chi connectivity index (χ2v) is 8.84. The van der Waals surface area contributed by atoms with Crippen LogP contribution >= 0.6 is 0 Å². The minimum atomic E-state index is -3.45. The molecule has 7 nitrogen and oxygen atoms in total. The number of aryl methyl sites for hydroxylation is 1. The lowest BCUT2D eigenvalue weighted by Crippen LogP contribution is -2.27. The van der Waals surface area contributed by atoms with Crippen LogP contribution in [0.15, 0.2) is 47.4 Å². The van der Waals surface area contributed by atoms with Crippen LogP contribution in [0.3, 0.4) is 0 Å². The maximum atomic E-state index is 12.6. The molecule has 0 aromatic heterocycles. The Hall–Kier alpha value is -2.58. The van der Waals surface area contributed by atoms with Crippen molar-refractivity contribution in [2.24, 2.45) is 0 Å². The second-order valence-electron chi connectivity index (χ2n) is 6.90. The van der Waals surface area contributed by atoms with E-state index < -0.39 is 10.0 Å². The first-order valence-corrected chi connectivity index (χ1v) is 11.0. The molecule has 156 valence electrons. The number of carbonyl (C=O) groups is 1. The first-order valence-electron chi connectivity index (χ1n) is 9.54. The van der Waals surface area contributed by atoms with E-state index in [2.05, 4.69) is 5.32 Å². The Kier molecular flexibility index (Phi) is 6.76. The number of benzene rings is 2. The maximum Gasteiger partial charge on any atom is 0.243 e. The number of carbonyl (C=O) groups excluding carboxylic acids is 1. The summed E-state index contributed by atoms with van der Waals surface area (Å²) in [7, 11) is -0.282. The fraction of sp³-hybridized carbons (Fsp3) is 0.381. The van der Waals surface area contributed by atoms with E-state index in [0.29, 0.717) is 36.7 Å². The first kappa shape index (κ1) is 21.1. The maximum absolute atomic E-state index is 12.6. The minimum Gasteiger partial charge on any atom is -0.497 e. The van der Waals surface area contributed by atoms with Gasteiger partial charge in [0.2, 0.25) is 15.9 Å². The zero-order chi connectivity index (χ0) is 20.9. The van der Waals surface area contributed by atoms with Gasteiger partial charge in [-0.25, -0.2) is 8.42 Å². The monoisotopic (exact) mass is 418 g/mol. The number of sulfonamides is 1. The van der Waals surface area contributed by atoms with Gasteiger partial charge < -0.3 is 14.8 Å². The highest BCUT2D eigenvalue weighted by molar-refractivity contribution is 7.89. The Balaban J connectivity index is 1.58. The third-order valence-corrected chi connectivity index (χ3v) is 6.81. The molecular weight excluding hydrogens is 392 g/mol. The molecule has 8 heteroatoms. The van der Waals surface area contributed by atoms with Crippen LogP contribution in [0.1, 0.15) is 24.8 Å². The molecule has 0 radical (unpaired) electrons. The molecule has 2 aromatic carbocycles. The predicted octanol–water partition coefficient (Wildman–Crippen LogP) is 3.06. The summed E-state index contributed by atoms with van der Waals surface area (Å²) in [5, 5.41) is 2.81. The molecular formula is C21H26N2O5S. The van der Waals surface area contributed by atoms with Crippen LogP contribution in [0.4, 0.5) is 5.69 Å². The van der Waals surface area contributed by atoms with Gasteiger partial charge in [-0.05, 0) is 61.2 Å². The molecule has 0 unspecified atom stereocenters. The van der Waals surface area contributed by atoms with Crippen molar-refractivity contribution in [3.8, 4) is 11.5 Å². The van der Waals surface area contributed by atoms with E-state index in [4.69, 9.17) is 9.47 Å². The third kappa shape index (κ3) is 5.27. The van der Waals surface area contributed by atoms with Crippen LogP contribution in [0, 0.1) is 0 Å². The number of nitrogens with zero attached hydrogens (tertiary/aromatic N) is 1. The van der Waals surface area contributed by atoms with E-state index in [-0.39, 0.29) is 17.2 Å². The van der Waals surface area contributed by atoms with E-state index in [1.807, 2.05) is 12.1 Å². The van der Waals surface area contributed by atoms with Crippen molar-refractivity contribution in [1.82, 2.24) is 4.31 Å². The van der Waals surface area contributed by atoms with Crippen molar-refractivity contribution < 1.29 is 22.7 Å². The summed E-state index contributed by atoms with van der Waals surface area (Å²) >= 11 is 0. The topological polar surface area (TPSA) is 84.9 Å². The van der Waals surface area contributed by atoms with Crippen LogP contribution in [-0.4, -0.2) is 45.9 Å². The summed E-state index contributed by atoms with van der Waals surface area (Å²) in [5.74, 6) is 1.20. The highest BCUT2D eigenvalue weighted by Crippen LogP contribution is 2.24. The van der Waals surface area contributed by atoms with Crippen molar-refractivity contribution in [3.63, 3.8) is 0 Å². The number of ether oxygens (including phenoxy) is 2. The zero-order valence-corrected chi connectivity index (χ0v) is 17.5. The molecule has 29 heavy (non-hydrogen) atoms. The molecule has 1 N–H and O–H groups in total. The van der Waals surface area contributed by atoms with Crippen molar-refractivity contribution >= 4 is 21.6 Å². The predicted molar refractivity (Wildman–Crippen MR) is 111 cm³/mol.